The monoisotopic (exact) mass is 324 g/mol. The zero-order valence-corrected chi connectivity index (χ0v) is 10.8. The van der Waals surface area contributed by atoms with Crippen molar-refractivity contribution in [1.29, 1.82) is 0 Å². The Labute approximate surface area is 98.5 Å². The molecule has 0 bridgehead atoms. The van der Waals surface area contributed by atoms with Crippen molar-refractivity contribution >= 4 is 55.7 Å². The maximum Gasteiger partial charge on any atom is 0.150 e. The van der Waals surface area contributed by atoms with Crippen LogP contribution in [0, 0.1) is 16.7 Å². The number of rotatable bonds is 0. The van der Waals surface area contributed by atoms with Gasteiger partial charge in [-0.15, -0.1) is 11.3 Å². The summed E-state index contributed by atoms with van der Waals surface area (Å²) < 4.78 is 2.23. The van der Waals surface area contributed by atoms with E-state index in [1.54, 1.807) is 11.3 Å². The molecule has 0 radical (unpaired) electrons. The fourth-order valence-corrected chi connectivity index (χ4v) is 3.23. The number of aryl methyl sites for hydroxylation is 2. The Morgan fingerprint density at radius 3 is 2.69 bits per heavy atom. The van der Waals surface area contributed by atoms with Crippen LogP contribution in [0.4, 0.5) is 0 Å². The van der Waals surface area contributed by atoms with E-state index in [-0.39, 0.29) is 0 Å². The molecule has 2 aromatic heterocycles. The summed E-state index contributed by atoms with van der Waals surface area (Å²) in [6.45, 7) is 3.92. The molecule has 0 aliphatic heterocycles. The van der Waals surface area contributed by atoms with Crippen LogP contribution in [0.25, 0.3) is 10.2 Å². The molecule has 0 amide bonds. The van der Waals surface area contributed by atoms with Gasteiger partial charge in [-0.25, -0.2) is 9.97 Å². The van der Waals surface area contributed by atoms with Gasteiger partial charge in [0.05, 0.1) is 13.1 Å². The first-order valence-corrected chi connectivity index (χ1v) is 5.95. The van der Waals surface area contributed by atoms with Gasteiger partial charge in [-0.3, -0.25) is 0 Å². The third-order valence-corrected chi connectivity index (χ3v) is 4.71. The zero-order chi connectivity index (χ0) is 9.59. The van der Waals surface area contributed by atoms with E-state index in [0.29, 0.717) is 5.15 Å². The number of thiophene rings is 1. The van der Waals surface area contributed by atoms with Crippen molar-refractivity contribution in [2.24, 2.45) is 0 Å². The van der Waals surface area contributed by atoms with Gasteiger partial charge in [0.2, 0.25) is 0 Å². The summed E-state index contributed by atoms with van der Waals surface area (Å²) in [7, 11) is 0. The van der Waals surface area contributed by atoms with Crippen molar-refractivity contribution in [3.8, 4) is 0 Å². The average Bonchev–Trinajstić information content (AvgIpc) is 2.32. The number of hydrogen-bond acceptors (Lipinski definition) is 3. The molecule has 0 unspecified atom stereocenters. The second-order valence-electron chi connectivity index (χ2n) is 2.74. The van der Waals surface area contributed by atoms with Gasteiger partial charge in [-0.2, -0.15) is 0 Å². The van der Waals surface area contributed by atoms with Crippen molar-refractivity contribution in [1.82, 2.24) is 9.97 Å². The Morgan fingerprint density at radius 2 is 2.00 bits per heavy atom. The molecular weight excluding hydrogens is 319 g/mol. The predicted octanol–water partition coefficient (Wildman–Crippen LogP) is 3.57. The Hall–Kier alpha value is 0.0600. The van der Waals surface area contributed by atoms with Crippen LogP contribution >= 0.6 is 45.5 Å². The second-order valence-corrected chi connectivity index (χ2v) is 5.93. The highest BCUT2D eigenvalue weighted by Crippen LogP contribution is 2.34. The van der Waals surface area contributed by atoms with E-state index in [9.17, 15) is 0 Å². The highest BCUT2D eigenvalue weighted by molar-refractivity contribution is 14.1. The molecule has 0 aliphatic carbocycles. The quantitative estimate of drug-likeness (QED) is 0.547. The normalized spacial score (nSPS) is 11.1. The summed E-state index contributed by atoms with van der Waals surface area (Å²) in [6.07, 6.45) is 0. The Balaban J connectivity index is 2.94. The lowest BCUT2D eigenvalue weighted by Crippen LogP contribution is -1.88. The lowest BCUT2D eigenvalue weighted by molar-refractivity contribution is 1.09. The number of fused-ring (bicyclic) bond motifs is 1. The van der Waals surface area contributed by atoms with Gasteiger partial charge in [0.25, 0.3) is 0 Å². The largest absolute Gasteiger partial charge is 0.232 e. The molecule has 0 atom stereocenters. The van der Waals surface area contributed by atoms with E-state index in [1.807, 2.05) is 6.92 Å². The summed E-state index contributed by atoms with van der Waals surface area (Å²) in [5.41, 5.74) is 2.19. The third-order valence-electron chi connectivity index (χ3n) is 1.78. The molecule has 68 valence electrons. The van der Waals surface area contributed by atoms with Crippen molar-refractivity contribution in [2.75, 3.05) is 0 Å². The summed E-state index contributed by atoms with van der Waals surface area (Å²) in [4.78, 5) is 8.48. The summed E-state index contributed by atoms with van der Waals surface area (Å²) >= 11 is 9.95. The van der Waals surface area contributed by atoms with Crippen LogP contribution in [0.3, 0.4) is 0 Å². The molecule has 2 rings (SSSR count). The van der Waals surface area contributed by atoms with Crippen LogP contribution < -0.4 is 0 Å². The van der Waals surface area contributed by atoms with E-state index in [4.69, 9.17) is 11.6 Å². The summed E-state index contributed by atoms with van der Waals surface area (Å²) in [5, 5.41) is 0.568. The molecular formula is C8H6ClIN2S. The molecule has 0 fully saturated rings. The van der Waals surface area contributed by atoms with Crippen molar-refractivity contribution in [2.45, 2.75) is 13.8 Å². The Morgan fingerprint density at radius 1 is 1.31 bits per heavy atom. The molecule has 5 heteroatoms. The van der Waals surface area contributed by atoms with Crippen molar-refractivity contribution in [3.05, 3.63) is 19.4 Å². The van der Waals surface area contributed by atoms with Crippen molar-refractivity contribution < 1.29 is 0 Å². The lowest BCUT2D eigenvalue weighted by atomic mass is 10.3. The molecule has 0 saturated heterocycles. The van der Waals surface area contributed by atoms with E-state index in [2.05, 4.69) is 39.5 Å². The third kappa shape index (κ3) is 1.55. The molecule has 2 nitrogen and oxygen atoms in total. The first-order chi connectivity index (χ1) is 6.09. The number of hydrogen-bond donors (Lipinski definition) is 0. The maximum absolute atomic E-state index is 6.00. The van der Waals surface area contributed by atoms with Crippen LogP contribution in [0.5, 0.6) is 0 Å². The first-order valence-electron chi connectivity index (χ1n) is 3.68. The fourth-order valence-electron chi connectivity index (χ4n) is 1.13. The Kier molecular flexibility index (Phi) is 2.46. The topological polar surface area (TPSA) is 25.8 Å². The second kappa shape index (κ2) is 3.33. The van der Waals surface area contributed by atoms with E-state index in [0.717, 1.165) is 16.0 Å². The smallest absolute Gasteiger partial charge is 0.150 e. The minimum atomic E-state index is 0.568. The van der Waals surface area contributed by atoms with Gasteiger partial charge in [-0.05, 0) is 42.0 Å². The number of halogens is 2. The van der Waals surface area contributed by atoms with Gasteiger partial charge < -0.3 is 0 Å². The summed E-state index contributed by atoms with van der Waals surface area (Å²) in [5.74, 6) is 0.731. The van der Waals surface area contributed by atoms with E-state index >= 15 is 0 Å². The molecule has 2 heterocycles. The molecule has 13 heavy (non-hydrogen) atoms. The molecule has 2 aromatic rings. The molecule has 0 N–H and O–H groups in total. The van der Waals surface area contributed by atoms with Gasteiger partial charge in [0.1, 0.15) is 5.82 Å². The number of nitrogens with zero attached hydrogens (tertiary/aromatic N) is 2. The Bertz CT molecular complexity index is 480. The summed E-state index contributed by atoms with van der Waals surface area (Å²) in [6, 6.07) is 0. The van der Waals surface area contributed by atoms with Gasteiger partial charge in [0, 0.05) is 0 Å². The molecule has 0 aliphatic rings. The van der Waals surface area contributed by atoms with Gasteiger partial charge >= 0.3 is 0 Å². The molecule has 0 spiro atoms. The average molecular weight is 325 g/mol. The molecule has 0 aromatic carbocycles. The van der Waals surface area contributed by atoms with Crippen LogP contribution in [-0.4, -0.2) is 9.97 Å². The molecule has 0 saturated carbocycles. The number of aromatic nitrogens is 2. The zero-order valence-electron chi connectivity index (χ0n) is 7.06. The lowest BCUT2D eigenvalue weighted by Gasteiger charge is -1.95. The van der Waals surface area contributed by atoms with Crippen LogP contribution in [0.15, 0.2) is 0 Å². The van der Waals surface area contributed by atoms with Crippen LogP contribution in [0.2, 0.25) is 5.15 Å². The van der Waals surface area contributed by atoms with E-state index in [1.165, 1.54) is 8.45 Å². The van der Waals surface area contributed by atoms with Crippen LogP contribution in [-0.2, 0) is 0 Å². The SMILES string of the molecule is Cc1nc(Cl)c2sc(I)c(C)c2n1. The first kappa shape index (κ1) is 9.61. The van der Waals surface area contributed by atoms with Gasteiger partial charge in [0.15, 0.2) is 5.15 Å². The van der Waals surface area contributed by atoms with Crippen molar-refractivity contribution in [3.63, 3.8) is 0 Å². The highest BCUT2D eigenvalue weighted by Gasteiger charge is 2.11. The maximum atomic E-state index is 6.00. The van der Waals surface area contributed by atoms with Gasteiger partial charge in [-0.1, -0.05) is 11.6 Å². The van der Waals surface area contributed by atoms with E-state index < -0.39 is 0 Å². The minimum Gasteiger partial charge on any atom is -0.232 e. The highest BCUT2D eigenvalue weighted by atomic mass is 127. The standard InChI is InChI=1S/C8H6ClIN2S/c1-3-5-6(13-8(3)10)7(9)12-4(2)11-5/h1-2H3. The fraction of sp³-hybridized carbons (Fsp3) is 0.250. The predicted molar refractivity (Wildman–Crippen MR) is 64.6 cm³/mol. The van der Waals surface area contributed by atoms with Crippen LogP contribution in [0.1, 0.15) is 11.4 Å². The minimum absolute atomic E-state index is 0.568.